The van der Waals surface area contributed by atoms with Crippen molar-refractivity contribution in [2.45, 2.75) is 57.5 Å². The lowest BCUT2D eigenvalue weighted by molar-refractivity contribution is 0.0529. The van der Waals surface area contributed by atoms with E-state index < -0.39 is 21.7 Å². The van der Waals surface area contributed by atoms with Crippen molar-refractivity contribution in [3.63, 3.8) is 0 Å². The highest BCUT2D eigenvalue weighted by Crippen LogP contribution is 2.32. The number of rotatable bonds is 10. The van der Waals surface area contributed by atoms with Crippen LogP contribution < -0.4 is 14.8 Å². The SMILES string of the molecule is CCCCCOc1ccc2ccccc2c1S(=O)(=O)NCCNC(=O)OC(C)(C)C. The molecule has 0 aromatic heterocycles. The minimum absolute atomic E-state index is 0.0278. The fourth-order valence-corrected chi connectivity index (χ4v) is 4.27. The number of ether oxygens (including phenoxy) is 2. The van der Waals surface area contributed by atoms with E-state index in [0.29, 0.717) is 17.7 Å². The number of fused-ring (bicyclic) bond motifs is 1. The van der Waals surface area contributed by atoms with Crippen LogP contribution in [-0.4, -0.2) is 39.8 Å². The number of sulfonamides is 1. The molecule has 0 saturated carbocycles. The van der Waals surface area contributed by atoms with Crippen LogP contribution in [0.15, 0.2) is 41.3 Å². The topological polar surface area (TPSA) is 93.7 Å². The lowest BCUT2D eigenvalue weighted by atomic mass is 10.1. The first-order valence-corrected chi connectivity index (χ1v) is 11.7. The Labute approximate surface area is 179 Å². The summed E-state index contributed by atoms with van der Waals surface area (Å²) in [6, 6.07) is 10.8. The van der Waals surface area contributed by atoms with E-state index in [-0.39, 0.29) is 18.0 Å². The molecule has 0 saturated heterocycles. The van der Waals surface area contributed by atoms with Gasteiger partial charge in [-0.05, 0) is 38.6 Å². The number of hydrogen-bond donors (Lipinski definition) is 2. The zero-order valence-electron chi connectivity index (χ0n) is 18.2. The fraction of sp³-hybridized carbons (Fsp3) is 0.500. The van der Waals surface area contributed by atoms with E-state index in [1.165, 1.54) is 0 Å². The van der Waals surface area contributed by atoms with Crippen molar-refractivity contribution in [1.82, 2.24) is 10.0 Å². The van der Waals surface area contributed by atoms with E-state index in [1.54, 1.807) is 39.0 Å². The second-order valence-corrected chi connectivity index (χ2v) is 9.70. The quantitative estimate of drug-likeness (QED) is 0.544. The number of benzene rings is 2. The molecule has 2 N–H and O–H groups in total. The van der Waals surface area contributed by atoms with E-state index in [9.17, 15) is 13.2 Å². The molecule has 0 aliphatic carbocycles. The standard InChI is InChI=1S/C22H32N2O5S/c1-5-6-9-16-28-19-13-12-17-10-7-8-11-18(17)20(19)30(26,27)24-15-14-23-21(25)29-22(2,3)4/h7-8,10-13,24H,5-6,9,14-16H2,1-4H3,(H,23,25). The van der Waals surface area contributed by atoms with Crippen LogP contribution >= 0.6 is 0 Å². The van der Waals surface area contributed by atoms with Crippen molar-refractivity contribution < 1.29 is 22.7 Å². The van der Waals surface area contributed by atoms with Gasteiger partial charge in [0.15, 0.2) is 0 Å². The Bertz CT molecular complexity index is 952. The number of nitrogens with one attached hydrogen (secondary N) is 2. The molecule has 2 aromatic carbocycles. The summed E-state index contributed by atoms with van der Waals surface area (Å²) in [6.45, 7) is 7.97. The van der Waals surface area contributed by atoms with E-state index in [4.69, 9.17) is 9.47 Å². The van der Waals surface area contributed by atoms with Crippen LogP contribution in [0.5, 0.6) is 5.75 Å². The van der Waals surface area contributed by atoms with Crippen LogP contribution in [-0.2, 0) is 14.8 Å². The molecule has 0 bridgehead atoms. The average Bonchev–Trinajstić information content (AvgIpc) is 2.67. The van der Waals surface area contributed by atoms with Crippen molar-refractivity contribution in [3.8, 4) is 5.75 Å². The molecule has 30 heavy (non-hydrogen) atoms. The number of alkyl carbamates (subject to hydrolysis) is 1. The van der Waals surface area contributed by atoms with Gasteiger partial charge in [-0.15, -0.1) is 0 Å². The molecule has 166 valence electrons. The second kappa shape index (κ2) is 10.6. The van der Waals surface area contributed by atoms with Crippen LogP contribution in [0.1, 0.15) is 47.0 Å². The largest absolute Gasteiger partial charge is 0.492 e. The van der Waals surface area contributed by atoms with E-state index in [0.717, 1.165) is 24.6 Å². The summed E-state index contributed by atoms with van der Waals surface area (Å²) in [5, 5.41) is 3.95. The van der Waals surface area contributed by atoms with Crippen molar-refractivity contribution in [1.29, 1.82) is 0 Å². The van der Waals surface area contributed by atoms with Crippen LogP contribution in [0.3, 0.4) is 0 Å². The van der Waals surface area contributed by atoms with Gasteiger partial charge in [-0.1, -0.05) is 50.1 Å². The van der Waals surface area contributed by atoms with Gasteiger partial charge in [-0.2, -0.15) is 0 Å². The maximum Gasteiger partial charge on any atom is 0.407 e. The van der Waals surface area contributed by atoms with Gasteiger partial charge in [0.1, 0.15) is 16.2 Å². The summed E-state index contributed by atoms with van der Waals surface area (Å²) in [7, 11) is -3.86. The predicted molar refractivity (Wildman–Crippen MR) is 118 cm³/mol. The molecule has 0 atom stereocenters. The first-order valence-electron chi connectivity index (χ1n) is 10.2. The smallest absolute Gasteiger partial charge is 0.407 e. The number of amides is 1. The van der Waals surface area contributed by atoms with Crippen molar-refractivity contribution in [2.24, 2.45) is 0 Å². The maximum atomic E-state index is 13.1. The van der Waals surface area contributed by atoms with Gasteiger partial charge >= 0.3 is 6.09 Å². The summed E-state index contributed by atoms with van der Waals surface area (Å²) in [5.41, 5.74) is -0.615. The van der Waals surface area contributed by atoms with Gasteiger partial charge in [0.2, 0.25) is 10.0 Å². The summed E-state index contributed by atoms with van der Waals surface area (Å²) in [4.78, 5) is 11.8. The molecule has 2 rings (SSSR count). The second-order valence-electron chi connectivity index (χ2n) is 8.00. The summed E-state index contributed by atoms with van der Waals surface area (Å²) in [6.07, 6.45) is 2.34. The minimum Gasteiger partial charge on any atom is -0.492 e. The summed E-state index contributed by atoms with van der Waals surface area (Å²) in [5.74, 6) is 0.331. The van der Waals surface area contributed by atoms with E-state index in [1.807, 2.05) is 18.2 Å². The van der Waals surface area contributed by atoms with Gasteiger partial charge < -0.3 is 14.8 Å². The third-order valence-electron chi connectivity index (χ3n) is 4.20. The monoisotopic (exact) mass is 436 g/mol. The Kier molecular flexibility index (Phi) is 8.49. The van der Waals surface area contributed by atoms with Gasteiger partial charge in [-0.3, -0.25) is 0 Å². The Morgan fingerprint density at radius 2 is 1.77 bits per heavy atom. The molecule has 2 aromatic rings. The Hall–Kier alpha value is -2.32. The van der Waals surface area contributed by atoms with Crippen LogP contribution in [0, 0.1) is 0 Å². The number of carbonyl (C=O) groups is 1. The molecule has 8 heteroatoms. The third kappa shape index (κ3) is 7.18. The molecular formula is C22H32N2O5S. The molecule has 0 aliphatic rings. The lowest BCUT2D eigenvalue weighted by Gasteiger charge is -2.20. The minimum atomic E-state index is -3.86. The molecule has 0 fully saturated rings. The van der Waals surface area contributed by atoms with Gasteiger partial charge in [0, 0.05) is 18.5 Å². The van der Waals surface area contributed by atoms with Crippen LogP contribution in [0.4, 0.5) is 4.79 Å². The Balaban J connectivity index is 2.14. The molecule has 0 unspecified atom stereocenters. The highest BCUT2D eigenvalue weighted by Gasteiger charge is 2.23. The van der Waals surface area contributed by atoms with Gasteiger partial charge in [0.25, 0.3) is 0 Å². The highest BCUT2D eigenvalue weighted by atomic mass is 32.2. The molecular weight excluding hydrogens is 404 g/mol. The third-order valence-corrected chi connectivity index (χ3v) is 5.75. The number of unbranched alkanes of at least 4 members (excludes halogenated alkanes) is 2. The van der Waals surface area contributed by atoms with Crippen molar-refractivity contribution >= 4 is 26.9 Å². The molecule has 1 amide bonds. The zero-order chi connectivity index (χ0) is 22.2. The molecule has 0 aliphatic heterocycles. The molecule has 7 nitrogen and oxygen atoms in total. The number of carbonyl (C=O) groups excluding carboxylic acids is 1. The average molecular weight is 437 g/mol. The lowest BCUT2D eigenvalue weighted by Crippen LogP contribution is -2.38. The molecule has 0 heterocycles. The maximum absolute atomic E-state index is 13.1. The van der Waals surface area contributed by atoms with Gasteiger partial charge in [-0.25, -0.2) is 17.9 Å². The zero-order valence-corrected chi connectivity index (χ0v) is 19.0. The van der Waals surface area contributed by atoms with Gasteiger partial charge in [0.05, 0.1) is 6.61 Å². The molecule has 0 radical (unpaired) electrons. The fourth-order valence-electron chi connectivity index (χ4n) is 2.88. The van der Waals surface area contributed by atoms with E-state index in [2.05, 4.69) is 17.0 Å². The molecule has 0 spiro atoms. The first kappa shape index (κ1) is 24.0. The van der Waals surface area contributed by atoms with E-state index >= 15 is 0 Å². The van der Waals surface area contributed by atoms with Crippen molar-refractivity contribution in [2.75, 3.05) is 19.7 Å². The normalized spacial score (nSPS) is 12.0. The predicted octanol–water partition coefficient (Wildman–Crippen LogP) is 4.21. The number of hydrogen-bond acceptors (Lipinski definition) is 5. The summed E-state index contributed by atoms with van der Waals surface area (Å²) < 4.78 is 39.7. The van der Waals surface area contributed by atoms with Crippen molar-refractivity contribution in [3.05, 3.63) is 36.4 Å². The van der Waals surface area contributed by atoms with Crippen LogP contribution in [0.25, 0.3) is 10.8 Å². The van der Waals surface area contributed by atoms with Crippen LogP contribution in [0.2, 0.25) is 0 Å². The first-order chi connectivity index (χ1) is 14.1. The highest BCUT2D eigenvalue weighted by molar-refractivity contribution is 7.89. The Morgan fingerprint density at radius 1 is 1.03 bits per heavy atom. The summed E-state index contributed by atoms with van der Waals surface area (Å²) >= 11 is 0. The Morgan fingerprint density at radius 3 is 2.47 bits per heavy atom.